The lowest BCUT2D eigenvalue weighted by Crippen LogP contribution is -2.29. The van der Waals surface area contributed by atoms with Crippen molar-refractivity contribution < 1.29 is 14.3 Å². The smallest absolute Gasteiger partial charge is 0.261 e. The summed E-state index contributed by atoms with van der Waals surface area (Å²) >= 11 is 0. The van der Waals surface area contributed by atoms with E-state index in [0.29, 0.717) is 48.4 Å². The van der Waals surface area contributed by atoms with E-state index in [9.17, 15) is 9.59 Å². The number of carbonyl (C=O) groups excluding carboxylic acids is 1. The van der Waals surface area contributed by atoms with Crippen LogP contribution in [-0.4, -0.2) is 35.2 Å². The van der Waals surface area contributed by atoms with Gasteiger partial charge in [0.25, 0.3) is 11.5 Å². The molecule has 0 saturated heterocycles. The van der Waals surface area contributed by atoms with Crippen LogP contribution in [0.15, 0.2) is 41.2 Å². The summed E-state index contributed by atoms with van der Waals surface area (Å²) < 4.78 is 13.0. The number of aromatic nitrogens is 2. The van der Waals surface area contributed by atoms with Crippen LogP contribution in [-0.2, 0) is 19.4 Å². The highest BCUT2D eigenvalue weighted by atomic mass is 16.5. The highest BCUT2D eigenvalue weighted by Crippen LogP contribution is 2.28. The fourth-order valence-corrected chi connectivity index (χ4v) is 4.06. The molecule has 0 spiro atoms. The maximum Gasteiger partial charge on any atom is 0.261 e. The van der Waals surface area contributed by atoms with E-state index in [-0.39, 0.29) is 11.5 Å². The molecule has 1 aliphatic rings. The third-order valence-corrected chi connectivity index (χ3v) is 5.64. The number of amides is 1. The molecule has 7 nitrogen and oxygen atoms in total. The second-order valence-corrected chi connectivity index (χ2v) is 7.83. The molecule has 0 unspecified atom stereocenters. The van der Waals surface area contributed by atoms with Crippen LogP contribution < -0.4 is 20.3 Å². The van der Waals surface area contributed by atoms with Crippen LogP contribution in [0.25, 0.3) is 10.9 Å². The quantitative estimate of drug-likeness (QED) is 0.586. The zero-order chi connectivity index (χ0) is 22.5. The van der Waals surface area contributed by atoms with Crippen LogP contribution in [0.1, 0.15) is 48.4 Å². The van der Waals surface area contributed by atoms with Crippen molar-refractivity contribution in [2.24, 2.45) is 0 Å². The summed E-state index contributed by atoms with van der Waals surface area (Å²) in [4.78, 5) is 30.1. The number of nitrogens with one attached hydrogen (secondary N) is 1. The molecule has 0 radical (unpaired) electrons. The molecule has 0 aliphatic carbocycles. The normalized spacial score (nSPS) is 12.9. The number of ether oxygens (including phenoxy) is 2. The largest absolute Gasteiger partial charge is 0.490 e. The van der Waals surface area contributed by atoms with Gasteiger partial charge < -0.3 is 14.8 Å². The van der Waals surface area contributed by atoms with Crippen molar-refractivity contribution in [1.29, 1.82) is 0 Å². The molecule has 0 fully saturated rings. The highest BCUT2D eigenvalue weighted by Gasteiger charge is 2.16. The van der Waals surface area contributed by atoms with E-state index in [1.54, 1.807) is 22.8 Å². The molecule has 2 heterocycles. The Bertz CT molecular complexity index is 1190. The van der Waals surface area contributed by atoms with Gasteiger partial charge in [0.1, 0.15) is 5.82 Å². The van der Waals surface area contributed by atoms with E-state index < -0.39 is 0 Å². The molecule has 1 aliphatic heterocycles. The second kappa shape index (κ2) is 9.85. The van der Waals surface area contributed by atoms with Crippen LogP contribution >= 0.6 is 0 Å². The molecule has 1 N–H and O–H groups in total. The van der Waals surface area contributed by atoms with Crippen LogP contribution in [0.3, 0.4) is 0 Å². The van der Waals surface area contributed by atoms with Crippen molar-refractivity contribution in [3.05, 3.63) is 63.7 Å². The van der Waals surface area contributed by atoms with Crippen molar-refractivity contribution in [1.82, 2.24) is 14.9 Å². The molecular formula is C25H29N3O4. The molecular weight excluding hydrogens is 406 g/mol. The lowest BCUT2D eigenvalue weighted by atomic mass is 10.1. The van der Waals surface area contributed by atoms with E-state index >= 15 is 0 Å². The van der Waals surface area contributed by atoms with Crippen molar-refractivity contribution >= 4 is 16.8 Å². The first kappa shape index (κ1) is 21.9. The minimum Gasteiger partial charge on any atom is -0.490 e. The molecule has 4 rings (SSSR count). The van der Waals surface area contributed by atoms with Gasteiger partial charge in [-0.05, 0) is 69.0 Å². The molecule has 1 aromatic heterocycles. The lowest BCUT2D eigenvalue weighted by molar-refractivity contribution is 0.0954. The summed E-state index contributed by atoms with van der Waals surface area (Å²) in [5.74, 6) is 2.08. The zero-order valence-corrected chi connectivity index (χ0v) is 18.6. The molecule has 3 aromatic rings. The SMILES string of the molecule is CCOc1ccc(CCNC(=O)c2ccc3c(=O)n4c(nc3c2)CCCC4)cc1OCC. The van der Waals surface area contributed by atoms with Crippen molar-refractivity contribution in [2.45, 2.75) is 46.1 Å². The van der Waals surface area contributed by atoms with E-state index in [1.165, 1.54) is 0 Å². The van der Waals surface area contributed by atoms with Gasteiger partial charge in [0, 0.05) is 25.1 Å². The maximum absolute atomic E-state index is 12.7. The van der Waals surface area contributed by atoms with Crippen LogP contribution in [0.4, 0.5) is 0 Å². The Hall–Kier alpha value is -3.35. The number of rotatable bonds is 8. The van der Waals surface area contributed by atoms with Gasteiger partial charge in [-0.25, -0.2) is 4.98 Å². The van der Waals surface area contributed by atoms with Gasteiger partial charge in [0.05, 0.1) is 24.1 Å². The standard InChI is InChI=1S/C25H29N3O4/c1-3-31-21-11-8-17(15-22(21)32-4-2)12-13-26-24(29)18-9-10-19-20(16-18)27-23-7-5-6-14-28(23)25(19)30/h8-11,15-16H,3-7,12-14H2,1-2H3,(H,26,29). The van der Waals surface area contributed by atoms with Crippen molar-refractivity contribution in [3.63, 3.8) is 0 Å². The Morgan fingerprint density at radius 2 is 1.88 bits per heavy atom. The van der Waals surface area contributed by atoms with E-state index in [2.05, 4.69) is 10.3 Å². The number of carbonyl (C=O) groups is 1. The number of aryl methyl sites for hydroxylation is 1. The van der Waals surface area contributed by atoms with Gasteiger partial charge in [-0.15, -0.1) is 0 Å². The topological polar surface area (TPSA) is 82.5 Å². The lowest BCUT2D eigenvalue weighted by Gasteiger charge is -2.17. The van der Waals surface area contributed by atoms with Gasteiger partial charge in [-0.1, -0.05) is 6.07 Å². The molecule has 0 saturated carbocycles. The number of hydrogen-bond acceptors (Lipinski definition) is 5. The summed E-state index contributed by atoms with van der Waals surface area (Å²) in [6.45, 7) is 6.21. The van der Waals surface area contributed by atoms with Crippen LogP contribution in [0.2, 0.25) is 0 Å². The third kappa shape index (κ3) is 4.61. The van der Waals surface area contributed by atoms with Gasteiger partial charge in [-0.3, -0.25) is 14.2 Å². The van der Waals surface area contributed by atoms with Gasteiger partial charge in [0.15, 0.2) is 11.5 Å². The van der Waals surface area contributed by atoms with E-state index in [4.69, 9.17) is 9.47 Å². The summed E-state index contributed by atoms with van der Waals surface area (Å²) in [5, 5.41) is 3.52. The second-order valence-electron chi connectivity index (χ2n) is 7.83. The maximum atomic E-state index is 12.7. The zero-order valence-electron chi connectivity index (χ0n) is 18.6. The first-order chi connectivity index (χ1) is 15.6. The molecule has 2 aromatic carbocycles. The number of hydrogen-bond donors (Lipinski definition) is 1. The number of nitrogens with zero attached hydrogens (tertiary/aromatic N) is 2. The first-order valence-corrected chi connectivity index (χ1v) is 11.3. The molecule has 168 valence electrons. The molecule has 0 bridgehead atoms. The average molecular weight is 436 g/mol. The molecule has 1 amide bonds. The third-order valence-electron chi connectivity index (χ3n) is 5.64. The predicted octanol–water partition coefficient (Wildman–Crippen LogP) is 3.50. The Morgan fingerprint density at radius 1 is 1.06 bits per heavy atom. The minimum absolute atomic E-state index is 0.0164. The van der Waals surface area contributed by atoms with E-state index in [0.717, 1.165) is 42.9 Å². The number of fused-ring (bicyclic) bond motifs is 2. The predicted molar refractivity (Wildman–Crippen MR) is 124 cm³/mol. The summed E-state index contributed by atoms with van der Waals surface area (Å²) in [6, 6.07) is 11.0. The van der Waals surface area contributed by atoms with Crippen molar-refractivity contribution in [2.75, 3.05) is 19.8 Å². The summed E-state index contributed by atoms with van der Waals surface area (Å²) in [7, 11) is 0. The number of benzene rings is 2. The first-order valence-electron chi connectivity index (χ1n) is 11.3. The van der Waals surface area contributed by atoms with Gasteiger partial charge >= 0.3 is 0 Å². The van der Waals surface area contributed by atoms with E-state index in [1.807, 2.05) is 32.0 Å². The van der Waals surface area contributed by atoms with Gasteiger partial charge in [-0.2, -0.15) is 0 Å². The fourth-order valence-electron chi connectivity index (χ4n) is 4.06. The molecule has 0 atom stereocenters. The van der Waals surface area contributed by atoms with Gasteiger partial charge in [0.2, 0.25) is 0 Å². The fraction of sp³-hybridized carbons (Fsp3) is 0.400. The Labute approximate surface area is 187 Å². The molecule has 32 heavy (non-hydrogen) atoms. The summed E-state index contributed by atoms with van der Waals surface area (Å²) in [6.07, 6.45) is 3.50. The molecule has 7 heteroatoms. The Kier molecular flexibility index (Phi) is 6.73. The van der Waals surface area contributed by atoms with Crippen molar-refractivity contribution in [3.8, 4) is 11.5 Å². The van der Waals surface area contributed by atoms with Crippen LogP contribution in [0.5, 0.6) is 11.5 Å². The highest BCUT2D eigenvalue weighted by molar-refractivity contribution is 5.97. The summed E-state index contributed by atoms with van der Waals surface area (Å²) in [5.41, 5.74) is 2.13. The monoisotopic (exact) mass is 435 g/mol. The Balaban J connectivity index is 1.44. The van der Waals surface area contributed by atoms with Crippen LogP contribution in [0, 0.1) is 0 Å². The minimum atomic E-state index is -0.178. The average Bonchev–Trinajstić information content (AvgIpc) is 2.81. The Morgan fingerprint density at radius 3 is 2.69 bits per heavy atom.